The molecule has 0 fully saturated rings. The summed E-state index contributed by atoms with van der Waals surface area (Å²) in [4.78, 5) is 30.6. The monoisotopic (exact) mass is 437 g/mol. The lowest BCUT2D eigenvalue weighted by Crippen LogP contribution is -2.45. The number of hydrogen-bond acceptors (Lipinski definition) is 4. The number of carbonyl (C=O) groups excluding carboxylic acids is 1. The molecule has 1 unspecified atom stereocenters. The predicted molar refractivity (Wildman–Crippen MR) is 129 cm³/mol. The molecule has 1 aromatic carbocycles. The van der Waals surface area contributed by atoms with E-state index in [2.05, 4.69) is 46.3 Å². The van der Waals surface area contributed by atoms with E-state index in [9.17, 15) is 9.59 Å². The molecule has 3 aromatic rings. The van der Waals surface area contributed by atoms with E-state index in [1.54, 1.807) is 4.68 Å². The molecule has 0 bridgehead atoms. The van der Waals surface area contributed by atoms with Crippen LogP contribution in [0, 0.1) is 13.8 Å². The van der Waals surface area contributed by atoms with Crippen LogP contribution in [0.2, 0.25) is 0 Å². The molecular weight excluding hydrogens is 402 g/mol. The van der Waals surface area contributed by atoms with E-state index >= 15 is 0 Å². The van der Waals surface area contributed by atoms with Crippen molar-refractivity contribution in [1.82, 2.24) is 25.0 Å². The number of H-pyrrole nitrogens is 1. The summed E-state index contributed by atoms with van der Waals surface area (Å²) < 4.78 is 1.69. The Balaban J connectivity index is 1.66. The largest absolute Gasteiger partial charge is 0.355 e. The molecule has 0 saturated heterocycles. The SMILES string of the molecule is CCN(CC)C(CNC(=O)CCc1c(C)c2c(C)nn(C)c2[nH]c1=O)Cc1ccccc1. The Morgan fingerprint density at radius 2 is 1.88 bits per heavy atom. The van der Waals surface area contributed by atoms with Crippen LogP contribution < -0.4 is 10.9 Å². The van der Waals surface area contributed by atoms with Crippen LogP contribution in [0.15, 0.2) is 35.1 Å². The van der Waals surface area contributed by atoms with E-state index in [1.165, 1.54) is 5.56 Å². The van der Waals surface area contributed by atoms with E-state index < -0.39 is 0 Å². The molecule has 2 heterocycles. The smallest absolute Gasteiger partial charge is 0.253 e. The lowest BCUT2D eigenvalue weighted by atomic mass is 10.0. The van der Waals surface area contributed by atoms with Gasteiger partial charge in [-0.3, -0.25) is 19.2 Å². The van der Waals surface area contributed by atoms with Crippen LogP contribution in [0.4, 0.5) is 0 Å². The van der Waals surface area contributed by atoms with E-state index in [-0.39, 0.29) is 23.9 Å². The van der Waals surface area contributed by atoms with Gasteiger partial charge in [0.1, 0.15) is 5.65 Å². The van der Waals surface area contributed by atoms with Gasteiger partial charge in [0, 0.05) is 37.0 Å². The van der Waals surface area contributed by atoms with Crippen molar-refractivity contribution in [1.29, 1.82) is 0 Å². The number of nitrogens with one attached hydrogen (secondary N) is 2. The highest BCUT2D eigenvalue weighted by molar-refractivity contribution is 5.83. The van der Waals surface area contributed by atoms with Gasteiger partial charge in [-0.05, 0) is 50.9 Å². The molecule has 0 saturated carbocycles. The first kappa shape index (κ1) is 23.7. The predicted octanol–water partition coefficient (Wildman–Crippen LogP) is 2.88. The van der Waals surface area contributed by atoms with Crippen LogP contribution in [0.5, 0.6) is 0 Å². The molecule has 2 N–H and O–H groups in total. The highest BCUT2D eigenvalue weighted by Crippen LogP contribution is 2.21. The maximum absolute atomic E-state index is 12.7. The molecule has 3 rings (SSSR count). The molecule has 7 heteroatoms. The maximum Gasteiger partial charge on any atom is 0.253 e. The van der Waals surface area contributed by atoms with Gasteiger partial charge in [-0.25, -0.2) is 0 Å². The van der Waals surface area contributed by atoms with Gasteiger partial charge in [0.25, 0.3) is 5.56 Å². The van der Waals surface area contributed by atoms with Gasteiger partial charge >= 0.3 is 0 Å². The maximum atomic E-state index is 12.7. The minimum Gasteiger partial charge on any atom is -0.355 e. The number of likely N-dealkylation sites (N-methyl/N-ethyl adjacent to an activating group) is 1. The molecule has 7 nitrogen and oxygen atoms in total. The van der Waals surface area contributed by atoms with Crippen LogP contribution in [0.3, 0.4) is 0 Å². The van der Waals surface area contributed by atoms with Crippen molar-refractivity contribution in [3.8, 4) is 0 Å². The van der Waals surface area contributed by atoms with Gasteiger partial charge in [-0.1, -0.05) is 44.2 Å². The molecule has 1 amide bonds. The van der Waals surface area contributed by atoms with Gasteiger partial charge in [0.2, 0.25) is 5.91 Å². The molecule has 0 radical (unpaired) electrons. The van der Waals surface area contributed by atoms with Crippen LogP contribution in [0.1, 0.15) is 42.7 Å². The van der Waals surface area contributed by atoms with E-state index in [0.29, 0.717) is 18.5 Å². The zero-order chi connectivity index (χ0) is 23.3. The minimum absolute atomic E-state index is 0.0305. The molecule has 2 aromatic heterocycles. The molecule has 1 atom stereocenters. The number of nitrogens with zero attached hydrogens (tertiary/aromatic N) is 3. The molecule has 0 spiro atoms. The van der Waals surface area contributed by atoms with Crippen molar-refractivity contribution >= 4 is 16.9 Å². The first-order valence-electron chi connectivity index (χ1n) is 11.4. The zero-order valence-corrected chi connectivity index (χ0v) is 19.9. The van der Waals surface area contributed by atoms with Crippen molar-refractivity contribution < 1.29 is 4.79 Å². The Hall–Kier alpha value is -2.93. The highest BCUT2D eigenvalue weighted by atomic mass is 16.1. The van der Waals surface area contributed by atoms with Gasteiger partial charge in [-0.2, -0.15) is 5.10 Å². The number of rotatable bonds is 10. The zero-order valence-electron chi connectivity index (χ0n) is 19.9. The lowest BCUT2D eigenvalue weighted by molar-refractivity contribution is -0.121. The average Bonchev–Trinajstić information content (AvgIpc) is 3.06. The highest BCUT2D eigenvalue weighted by Gasteiger charge is 2.19. The number of pyridine rings is 1. The minimum atomic E-state index is -0.143. The standard InChI is InChI=1S/C25H35N5O2/c1-6-30(7-2)20(15-19-11-9-8-10-12-19)16-26-22(31)14-13-21-17(3)23-18(4)28-29(5)24(23)27-25(21)32/h8-12,20H,6-7,13-16H2,1-5H3,(H,26,31)(H,27,32). The topological polar surface area (TPSA) is 83.0 Å². The van der Waals surface area contributed by atoms with Crippen LogP contribution >= 0.6 is 0 Å². The number of fused-ring (bicyclic) bond motifs is 1. The summed E-state index contributed by atoms with van der Waals surface area (Å²) in [5, 5.41) is 8.48. The molecule has 172 valence electrons. The second-order valence-corrected chi connectivity index (χ2v) is 8.36. The second kappa shape index (κ2) is 10.6. The summed E-state index contributed by atoms with van der Waals surface area (Å²) >= 11 is 0. The van der Waals surface area contributed by atoms with Crippen molar-refractivity contribution in [3.05, 3.63) is 63.1 Å². The van der Waals surface area contributed by atoms with E-state index in [1.807, 2.05) is 39.1 Å². The summed E-state index contributed by atoms with van der Waals surface area (Å²) in [6.07, 6.45) is 1.58. The van der Waals surface area contributed by atoms with Crippen LogP contribution in [0.25, 0.3) is 11.0 Å². The number of aromatic nitrogens is 3. The number of amides is 1. The number of aryl methyl sites for hydroxylation is 3. The number of benzene rings is 1. The Bertz CT molecular complexity index is 1110. The van der Waals surface area contributed by atoms with Gasteiger partial charge in [0.05, 0.1) is 5.69 Å². The molecular formula is C25H35N5O2. The average molecular weight is 438 g/mol. The third kappa shape index (κ3) is 5.27. The second-order valence-electron chi connectivity index (χ2n) is 8.36. The Morgan fingerprint density at radius 3 is 2.53 bits per heavy atom. The fourth-order valence-corrected chi connectivity index (χ4v) is 4.57. The Labute approximate surface area is 189 Å². The summed E-state index contributed by atoms with van der Waals surface area (Å²) in [7, 11) is 1.82. The third-order valence-electron chi connectivity index (χ3n) is 6.34. The van der Waals surface area contributed by atoms with Crippen molar-refractivity contribution in [3.63, 3.8) is 0 Å². The first-order valence-corrected chi connectivity index (χ1v) is 11.4. The molecule has 32 heavy (non-hydrogen) atoms. The third-order valence-corrected chi connectivity index (χ3v) is 6.34. The number of hydrogen-bond donors (Lipinski definition) is 2. The summed E-state index contributed by atoms with van der Waals surface area (Å²) in [5.41, 5.74) is 4.29. The molecule has 0 aliphatic rings. The fraction of sp³-hybridized carbons (Fsp3) is 0.480. The van der Waals surface area contributed by atoms with E-state index in [4.69, 9.17) is 0 Å². The Morgan fingerprint density at radius 1 is 1.19 bits per heavy atom. The number of carbonyl (C=O) groups is 1. The van der Waals surface area contributed by atoms with Gasteiger partial charge in [-0.15, -0.1) is 0 Å². The summed E-state index contributed by atoms with van der Waals surface area (Å²) in [6.45, 7) is 10.6. The van der Waals surface area contributed by atoms with Crippen molar-refractivity contribution in [2.45, 2.75) is 53.0 Å². The molecule has 0 aliphatic heterocycles. The Kier molecular flexibility index (Phi) is 7.85. The summed E-state index contributed by atoms with van der Waals surface area (Å²) in [6, 6.07) is 10.6. The van der Waals surface area contributed by atoms with Gasteiger partial charge < -0.3 is 10.3 Å². The van der Waals surface area contributed by atoms with Crippen molar-refractivity contribution in [2.75, 3.05) is 19.6 Å². The van der Waals surface area contributed by atoms with Crippen LogP contribution in [-0.4, -0.2) is 51.2 Å². The fourth-order valence-electron chi connectivity index (χ4n) is 4.57. The first-order chi connectivity index (χ1) is 15.3. The van der Waals surface area contributed by atoms with Gasteiger partial charge in [0.15, 0.2) is 0 Å². The van der Waals surface area contributed by atoms with Crippen molar-refractivity contribution in [2.24, 2.45) is 7.05 Å². The molecule has 0 aliphatic carbocycles. The number of aromatic amines is 1. The summed E-state index contributed by atoms with van der Waals surface area (Å²) in [5.74, 6) is -0.0305. The normalized spacial score (nSPS) is 12.4. The van der Waals surface area contributed by atoms with E-state index in [0.717, 1.165) is 41.8 Å². The quantitative estimate of drug-likeness (QED) is 0.511. The lowest BCUT2D eigenvalue weighted by Gasteiger charge is -2.30. The van der Waals surface area contributed by atoms with Crippen LogP contribution in [-0.2, 0) is 24.7 Å².